The van der Waals surface area contributed by atoms with E-state index in [0.29, 0.717) is 4.90 Å². The van der Waals surface area contributed by atoms with Gasteiger partial charge in [-0.15, -0.1) is 5.73 Å². The van der Waals surface area contributed by atoms with Crippen LogP contribution >= 0.6 is 15.9 Å². The molecule has 0 fully saturated rings. The standard InChI is InChI=1S/C11H11BrO2S/c1-10(12)6-5-9-15(13,14)11-7-3-2-4-8-11/h2-5,7-8H,9H2,1H3. The van der Waals surface area contributed by atoms with Gasteiger partial charge >= 0.3 is 0 Å². The monoisotopic (exact) mass is 286 g/mol. The maximum absolute atomic E-state index is 11.7. The molecule has 2 nitrogen and oxygen atoms in total. The summed E-state index contributed by atoms with van der Waals surface area (Å²) >= 11 is 3.18. The first-order valence-electron chi connectivity index (χ1n) is 4.37. The van der Waals surface area contributed by atoms with E-state index >= 15 is 0 Å². The van der Waals surface area contributed by atoms with E-state index in [1.165, 1.54) is 6.08 Å². The van der Waals surface area contributed by atoms with Crippen LogP contribution in [0.5, 0.6) is 0 Å². The van der Waals surface area contributed by atoms with Crippen molar-refractivity contribution in [1.29, 1.82) is 0 Å². The SMILES string of the molecule is CC(Br)=C=CCS(=O)(=O)c1ccccc1. The van der Waals surface area contributed by atoms with Crippen LogP contribution in [-0.2, 0) is 9.84 Å². The third kappa shape index (κ3) is 4.04. The van der Waals surface area contributed by atoms with E-state index in [4.69, 9.17) is 0 Å². The van der Waals surface area contributed by atoms with E-state index < -0.39 is 9.84 Å². The lowest BCUT2D eigenvalue weighted by Crippen LogP contribution is -2.03. The summed E-state index contributed by atoms with van der Waals surface area (Å²) in [5, 5.41) is 0. The van der Waals surface area contributed by atoms with Crippen LogP contribution in [-0.4, -0.2) is 14.2 Å². The Morgan fingerprint density at radius 2 is 2.00 bits per heavy atom. The smallest absolute Gasteiger partial charge is 0.182 e. The lowest BCUT2D eigenvalue weighted by atomic mass is 10.4. The Labute approximate surface area is 98.4 Å². The molecule has 0 aromatic heterocycles. The molecule has 0 saturated carbocycles. The zero-order valence-electron chi connectivity index (χ0n) is 8.27. The lowest BCUT2D eigenvalue weighted by molar-refractivity contribution is 0.599. The summed E-state index contributed by atoms with van der Waals surface area (Å²) in [4.78, 5) is 0.343. The second kappa shape index (κ2) is 5.31. The first-order valence-corrected chi connectivity index (χ1v) is 6.82. The normalized spacial score (nSPS) is 10.5. The maximum atomic E-state index is 11.7. The molecule has 0 bridgehead atoms. The average Bonchev–Trinajstić information content (AvgIpc) is 2.18. The number of halogens is 1. The summed E-state index contributed by atoms with van der Waals surface area (Å²) in [6.07, 6.45) is 1.51. The van der Waals surface area contributed by atoms with E-state index in [-0.39, 0.29) is 5.75 Å². The van der Waals surface area contributed by atoms with Gasteiger partial charge in [-0.2, -0.15) is 0 Å². The summed E-state index contributed by atoms with van der Waals surface area (Å²) < 4.78 is 24.2. The van der Waals surface area contributed by atoms with Gasteiger partial charge in [0, 0.05) is 4.48 Å². The lowest BCUT2D eigenvalue weighted by Gasteiger charge is -1.99. The van der Waals surface area contributed by atoms with Gasteiger partial charge in [0.05, 0.1) is 10.6 Å². The molecule has 1 rings (SSSR count). The fourth-order valence-corrected chi connectivity index (χ4v) is 2.24. The van der Waals surface area contributed by atoms with E-state index in [1.54, 1.807) is 37.3 Å². The fourth-order valence-electron chi connectivity index (χ4n) is 1.02. The predicted octanol–water partition coefficient (Wildman–Crippen LogP) is 2.91. The van der Waals surface area contributed by atoms with Crippen LogP contribution in [0.1, 0.15) is 6.92 Å². The Morgan fingerprint density at radius 1 is 1.40 bits per heavy atom. The van der Waals surface area contributed by atoms with Crippen molar-refractivity contribution < 1.29 is 8.42 Å². The number of sulfone groups is 1. The highest BCUT2D eigenvalue weighted by molar-refractivity contribution is 9.11. The van der Waals surface area contributed by atoms with Crippen LogP contribution < -0.4 is 0 Å². The number of hydrogen-bond donors (Lipinski definition) is 0. The molecule has 0 saturated heterocycles. The molecular formula is C11H11BrO2S. The summed E-state index contributed by atoms with van der Waals surface area (Å²) in [5.74, 6) is -0.0278. The predicted molar refractivity (Wildman–Crippen MR) is 64.7 cm³/mol. The van der Waals surface area contributed by atoms with Crippen molar-refractivity contribution in [1.82, 2.24) is 0 Å². The zero-order chi connectivity index (χ0) is 11.3. The first kappa shape index (κ1) is 12.2. The molecule has 4 heteroatoms. The Kier molecular flexibility index (Phi) is 4.33. The summed E-state index contributed by atoms with van der Waals surface area (Å²) in [6, 6.07) is 8.39. The molecule has 0 heterocycles. The van der Waals surface area contributed by atoms with Gasteiger partial charge in [0.25, 0.3) is 0 Å². The number of hydrogen-bond acceptors (Lipinski definition) is 2. The average molecular weight is 287 g/mol. The quantitative estimate of drug-likeness (QED) is 0.801. The van der Waals surface area contributed by atoms with Gasteiger partial charge in [0.15, 0.2) is 9.84 Å². The topological polar surface area (TPSA) is 34.1 Å². The Morgan fingerprint density at radius 3 is 2.53 bits per heavy atom. The second-order valence-corrected chi connectivity index (χ2v) is 6.20. The van der Waals surface area contributed by atoms with E-state index in [0.717, 1.165) is 4.48 Å². The Bertz CT molecular complexity index is 479. The van der Waals surface area contributed by atoms with E-state index in [9.17, 15) is 8.42 Å². The molecule has 0 spiro atoms. The first-order chi connectivity index (χ1) is 7.02. The minimum Gasteiger partial charge on any atom is -0.223 e. The summed E-state index contributed by atoms with van der Waals surface area (Å²) in [5.41, 5.74) is 2.80. The second-order valence-electron chi connectivity index (χ2n) is 2.98. The van der Waals surface area contributed by atoms with Gasteiger partial charge in [-0.25, -0.2) is 8.42 Å². The van der Waals surface area contributed by atoms with Crippen LogP contribution in [0.15, 0.2) is 51.5 Å². The third-order valence-electron chi connectivity index (χ3n) is 1.71. The molecule has 0 amide bonds. The molecule has 0 unspecified atom stereocenters. The van der Waals surface area contributed by atoms with Gasteiger partial charge in [-0.1, -0.05) is 18.2 Å². The van der Waals surface area contributed by atoms with E-state index in [2.05, 4.69) is 21.7 Å². The van der Waals surface area contributed by atoms with Gasteiger partial charge in [-0.3, -0.25) is 0 Å². The molecule has 0 aliphatic rings. The minimum atomic E-state index is -3.21. The third-order valence-corrected chi connectivity index (χ3v) is 3.53. The van der Waals surface area contributed by atoms with Crippen molar-refractivity contribution in [2.24, 2.45) is 0 Å². The van der Waals surface area contributed by atoms with Crippen LogP contribution in [0.2, 0.25) is 0 Å². The highest BCUT2D eigenvalue weighted by Crippen LogP contribution is 2.10. The van der Waals surface area contributed by atoms with Crippen molar-refractivity contribution in [2.45, 2.75) is 11.8 Å². The van der Waals surface area contributed by atoms with Crippen LogP contribution in [0.3, 0.4) is 0 Å². The van der Waals surface area contributed by atoms with Crippen molar-refractivity contribution in [3.63, 3.8) is 0 Å². The van der Waals surface area contributed by atoms with Crippen molar-refractivity contribution in [3.05, 3.63) is 46.6 Å². The molecule has 0 atom stereocenters. The zero-order valence-corrected chi connectivity index (χ0v) is 10.7. The molecule has 0 radical (unpaired) electrons. The van der Waals surface area contributed by atoms with Gasteiger partial charge in [0.1, 0.15) is 0 Å². The molecule has 15 heavy (non-hydrogen) atoms. The van der Waals surface area contributed by atoms with Crippen LogP contribution in [0, 0.1) is 0 Å². The molecule has 0 aliphatic heterocycles. The maximum Gasteiger partial charge on any atom is 0.182 e. The molecule has 0 N–H and O–H groups in total. The Hall–Kier alpha value is -0.830. The molecule has 1 aromatic rings. The van der Waals surface area contributed by atoms with Gasteiger partial charge < -0.3 is 0 Å². The molecule has 1 aromatic carbocycles. The molecular weight excluding hydrogens is 276 g/mol. The molecule has 80 valence electrons. The van der Waals surface area contributed by atoms with Crippen molar-refractivity contribution in [3.8, 4) is 0 Å². The van der Waals surface area contributed by atoms with Crippen LogP contribution in [0.25, 0.3) is 0 Å². The fraction of sp³-hybridized carbons (Fsp3) is 0.182. The molecule has 0 aliphatic carbocycles. The minimum absolute atomic E-state index is 0.0278. The van der Waals surface area contributed by atoms with Gasteiger partial charge in [0.2, 0.25) is 0 Å². The highest BCUT2D eigenvalue weighted by Gasteiger charge is 2.10. The summed E-state index contributed by atoms with van der Waals surface area (Å²) in [7, 11) is -3.21. The van der Waals surface area contributed by atoms with Crippen molar-refractivity contribution >= 4 is 25.8 Å². The Balaban J connectivity index is 2.92. The van der Waals surface area contributed by atoms with Crippen molar-refractivity contribution in [2.75, 3.05) is 5.75 Å². The number of benzene rings is 1. The van der Waals surface area contributed by atoms with Crippen LogP contribution in [0.4, 0.5) is 0 Å². The summed E-state index contributed by atoms with van der Waals surface area (Å²) in [6.45, 7) is 1.80. The van der Waals surface area contributed by atoms with Gasteiger partial charge in [-0.05, 0) is 41.1 Å². The highest BCUT2D eigenvalue weighted by atomic mass is 79.9. The largest absolute Gasteiger partial charge is 0.223 e. The number of rotatable bonds is 3. The van der Waals surface area contributed by atoms with E-state index in [1.807, 2.05) is 0 Å².